The van der Waals surface area contributed by atoms with Crippen LogP contribution in [-0.4, -0.2) is 16.0 Å². The minimum absolute atomic E-state index is 0.178. The summed E-state index contributed by atoms with van der Waals surface area (Å²) < 4.78 is 5.96. The van der Waals surface area contributed by atoms with Crippen molar-refractivity contribution in [3.63, 3.8) is 0 Å². The van der Waals surface area contributed by atoms with Gasteiger partial charge in [0.1, 0.15) is 0 Å². The fourth-order valence-corrected chi connectivity index (χ4v) is 2.69. The van der Waals surface area contributed by atoms with E-state index in [1.165, 1.54) is 0 Å². The third-order valence-electron chi connectivity index (χ3n) is 3.29. The number of nitrogens with one attached hydrogen (secondary N) is 1. The molecule has 0 atom stereocenters. The molecule has 0 saturated heterocycles. The number of hydrogen-bond donors (Lipinski definition) is 1. The normalized spacial score (nSPS) is 10.6. The number of carbonyl (C=O) groups excluding carboxylic acids is 1. The van der Waals surface area contributed by atoms with Crippen molar-refractivity contribution in [3.05, 3.63) is 63.9 Å². The van der Waals surface area contributed by atoms with Crippen molar-refractivity contribution >= 4 is 27.5 Å². The van der Waals surface area contributed by atoms with Crippen LogP contribution in [-0.2, 0) is 0 Å². The zero-order valence-electron chi connectivity index (χ0n) is 12.6. The van der Waals surface area contributed by atoms with Crippen molar-refractivity contribution in [1.29, 1.82) is 0 Å². The molecule has 23 heavy (non-hydrogen) atoms. The van der Waals surface area contributed by atoms with E-state index in [4.69, 9.17) is 4.52 Å². The fourth-order valence-electron chi connectivity index (χ4n) is 2.09. The van der Waals surface area contributed by atoms with Crippen LogP contribution in [0.3, 0.4) is 0 Å². The highest BCUT2D eigenvalue weighted by Crippen LogP contribution is 2.24. The first-order chi connectivity index (χ1) is 11.0. The molecule has 1 heterocycles. The first-order valence-electron chi connectivity index (χ1n) is 7.01. The Bertz CT molecular complexity index is 857. The Morgan fingerprint density at radius 2 is 1.87 bits per heavy atom. The molecule has 0 fully saturated rings. The molecule has 116 valence electrons. The molecule has 0 radical (unpaired) electrons. The van der Waals surface area contributed by atoms with Gasteiger partial charge in [-0.15, -0.1) is 0 Å². The lowest BCUT2D eigenvalue weighted by atomic mass is 10.1. The number of carbonyl (C=O) groups is 1. The number of aromatic nitrogens is 2. The number of hydrogen-bond acceptors (Lipinski definition) is 4. The summed E-state index contributed by atoms with van der Waals surface area (Å²) in [6.07, 6.45) is 0. The fraction of sp³-hybridized carbons (Fsp3) is 0.118. The summed E-state index contributed by atoms with van der Waals surface area (Å²) in [6.45, 7) is 3.75. The number of halogens is 1. The largest absolute Gasteiger partial charge is 0.334 e. The Labute approximate surface area is 141 Å². The first kappa shape index (κ1) is 15.4. The summed E-state index contributed by atoms with van der Waals surface area (Å²) in [7, 11) is 0. The molecule has 1 aromatic heterocycles. The predicted molar refractivity (Wildman–Crippen MR) is 91.3 cm³/mol. The molecule has 3 aromatic rings. The topological polar surface area (TPSA) is 68.0 Å². The zero-order chi connectivity index (χ0) is 16.4. The minimum atomic E-state index is -0.178. The van der Waals surface area contributed by atoms with Crippen molar-refractivity contribution in [2.75, 3.05) is 5.32 Å². The van der Waals surface area contributed by atoms with Gasteiger partial charge in [-0.25, -0.2) is 0 Å². The van der Waals surface area contributed by atoms with E-state index < -0.39 is 0 Å². The maximum Gasteiger partial charge on any atom is 0.257 e. The summed E-state index contributed by atoms with van der Waals surface area (Å²) >= 11 is 3.45. The molecular weight excluding hydrogens is 358 g/mol. The van der Waals surface area contributed by atoms with E-state index in [1.807, 2.05) is 25.1 Å². The quantitative estimate of drug-likeness (QED) is 0.742. The van der Waals surface area contributed by atoms with Crippen LogP contribution in [0.4, 0.5) is 5.69 Å². The summed E-state index contributed by atoms with van der Waals surface area (Å²) in [5, 5.41) is 6.63. The van der Waals surface area contributed by atoms with E-state index in [0.717, 1.165) is 21.3 Å². The highest BCUT2D eigenvalue weighted by Gasteiger charge is 2.11. The molecule has 1 N–H and O–H groups in total. The third-order valence-corrected chi connectivity index (χ3v) is 3.95. The zero-order valence-corrected chi connectivity index (χ0v) is 14.2. The van der Waals surface area contributed by atoms with Gasteiger partial charge < -0.3 is 9.84 Å². The van der Waals surface area contributed by atoms with E-state index in [2.05, 4.69) is 31.4 Å². The summed E-state index contributed by atoms with van der Waals surface area (Å²) in [5.74, 6) is 0.838. The molecule has 0 bridgehead atoms. The van der Waals surface area contributed by atoms with Gasteiger partial charge in [-0.2, -0.15) is 4.98 Å². The molecule has 0 aliphatic rings. The van der Waals surface area contributed by atoms with Gasteiger partial charge in [0.05, 0.1) is 5.69 Å². The number of benzene rings is 2. The molecule has 5 nitrogen and oxygen atoms in total. The smallest absolute Gasteiger partial charge is 0.257 e. The van der Waals surface area contributed by atoms with Crippen LogP contribution in [0, 0.1) is 13.8 Å². The average molecular weight is 372 g/mol. The summed E-state index contributed by atoms with van der Waals surface area (Å²) in [6, 6.07) is 12.8. The lowest BCUT2D eigenvalue weighted by Gasteiger charge is -2.08. The number of aryl methyl sites for hydroxylation is 2. The van der Waals surface area contributed by atoms with Crippen LogP contribution >= 0.6 is 15.9 Å². The maximum absolute atomic E-state index is 12.3. The van der Waals surface area contributed by atoms with Crippen molar-refractivity contribution in [1.82, 2.24) is 10.1 Å². The molecule has 0 saturated carbocycles. The van der Waals surface area contributed by atoms with Gasteiger partial charge in [0, 0.05) is 15.6 Å². The Morgan fingerprint density at radius 3 is 2.48 bits per heavy atom. The van der Waals surface area contributed by atoms with E-state index in [1.54, 1.807) is 31.2 Å². The van der Waals surface area contributed by atoms with Crippen molar-refractivity contribution in [2.45, 2.75) is 13.8 Å². The molecular formula is C17H14BrN3O2. The number of amides is 1. The minimum Gasteiger partial charge on any atom is -0.334 e. The van der Waals surface area contributed by atoms with Crippen molar-refractivity contribution in [3.8, 4) is 11.5 Å². The van der Waals surface area contributed by atoms with Gasteiger partial charge in [0.2, 0.25) is 0 Å². The Balaban J connectivity index is 1.77. The lowest BCUT2D eigenvalue weighted by molar-refractivity contribution is 0.102. The van der Waals surface area contributed by atoms with E-state index in [9.17, 15) is 4.79 Å². The van der Waals surface area contributed by atoms with Gasteiger partial charge in [-0.05, 0) is 71.7 Å². The SMILES string of the molecule is Cc1ccc(NC(=O)c2ccc(-c3nc(C)no3)cc2)c(Br)c1. The second-order valence-electron chi connectivity index (χ2n) is 5.16. The standard InChI is InChI=1S/C17H14BrN3O2/c1-10-3-8-15(14(18)9-10)20-16(22)12-4-6-13(7-5-12)17-19-11(2)21-23-17/h3-9H,1-2H3,(H,20,22). The van der Waals surface area contributed by atoms with Crippen LogP contribution in [0.5, 0.6) is 0 Å². The van der Waals surface area contributed by atoms with Gasteiger partial charge in [-0.1, -0.05) is 11.2 Å². The van der Waals surface area contributed by atoms with E-state index in [0.29, 0.717) is 17.3 Å². The molecule has 0 spiro atoms. The molecule has 1 amide bonds. The summed E-state index contributed by atoms with van der Waals surface area (Å²) in [4.78, 5) is 16.5. The van der Waals surface area contributed by atoms with Gasteiger partial charge in [-0.3, -0.25) is 4.79 Å². The van der Waals surface area contributed by atoms with Gasteiger partial charge >= 0.3 is 0 Å². The Hall–Kier alpha value is -2.47. The van der Waals surface area contributed by atoms with Crippen LogP contribution in [0.25, 0.3) is 11.5 Å². The molecule has 6 heteroatoms. The average Bonchev–Trinajstić information content (AvgIpc) is 2.97. The highest BCUT2D eigenvalue weighted by atomic mass is 79.9. The Kier molecular flexibility index (Phi) is 4.25. The Morgan fingerprint density at radius 1 is 1.13 bits per heavy atom. The molecule has 0 unspecified atom stereocenters. The van der Waals surface area contributed by atoms with Crippen molar-refractivity contribution < 1.29 is 9.32 Å². The van der Waals surface area contributed by atoms with E-state index in [-0.39, 0.29) is 5.91 Å². The second kappa shape index (κ2) is 6.34. The highest BCUT2D eigenvalue weighted by molar-refractivity contribution is 9.10. The number of rotatable bonds is 3. The maximum atomic E-state index is 12.3. The molecule has 0 aliphatic heterocycles. The predicted octanol–water partition coefficient (Wildman–Crippen LogP) is 4.37. The van der Waals surface area contributed by atoms with Crippen molar-refractivity contribution in [2.24, 2.45) is 0 Å². The van der Waals surface area contributed by atoms with E-state index >= 15 is 0 Å². The molecule has 3 rings (SSSR count). The van der Waals surface area contributed by atoms with Crippen LogP contribution in [0.1, 0.15) is 21.7 Å². The van der Waals surface area contributed by atoms with Crippen LogP contribution in [0.15, 0.2) is 51.5 Å². The number of anilines is 1. The van der Waals surface area contributed by atoms with Gasteiger partial charge in [0.15, 0.2) is 5.82 Å². The van der Waals surface area contributed by atoms with Crippen LogP contribution in [0.2, 0.25) is 0 Å². The second-order valence-corrected chi connectivity index (χ2v) is 6.02. The lowest BCUT2D eigenvalue weighted by Crippen LogP contribution is -2.12. The van der Waals surface area contributed by atoms with Crippen LogP contribution < -0.4 is 5.32 Å². The van der Waals surface area contributed by atoms with Gasteiger partial charge in [0.25, 0.3) is 11.8 Å². The monoisotopic (exact) mass is 371 g/mol. The first-order valence-corrected chi connectivity index (χ1v) is 7.80. The molecule has 0 aliphatic carbocycles. The number of nitrogens with zero attached hydrogens (tertiary/aromatic N) is 2. The third kappa shape index (κ3) is 3.48. The molecule has 2 aromatic carbocycles. The summed E-state index contributed by atoms with van der Waals surface area (Å²) in [5.41, 5.74) is 3.18.